The lowest BCUT2D eigenvalue weighted by molar-refractivity contribution is -0.118. The van der Waals surface area contributed by atoms with Crippen LogP contribution in [0.4, 0.5) is 5.69 Å². The molecule has 6 nitrogen and oxygen atoms in total. The highest BCUT2D eigenvalue weighted by atomic mass is 79.9. The fourth-order valence-electron chi connectivity index (χ4n) is 1.90. The number of sulfonamides is 1. The Morgan fingerprint density at radius 1 is 1.17 bits per heavy atom. The van der Waals surface area contributed by atoms with Gasteiger partial charge in [0.2, 0.25) is 10.0 Å². The van der Waals surface area contributed by atoms with Crippen LogP contribution in [-0.4, -0.2) is 28.0 Å². The van der Waals surface area contributed by atoms with Crippen LogP contribution in [0.25, 0.3) is 0 Å². The highest BCUT2D eigenvalue weighted by Gasteiger charge is 2.11. The number of nitrogens with one attached hydrogen (secondary N) is 2. The zero-order valence-corrected chi connectivity index (χ0v) is 15.6. The van der Waals surface area contributed by atoms with Gasteiger partial charge in [-0.15, -0.1) is 0 Å². The number of aryl methyl sites for hydroxylation is 1. The summed E-state index contributed by atoms with van der Waals surface area (Å²) in [6.45, 7) is 1.80. The SMILES string of the molecule is CNS(=O)(=O)c1ccc(NC(=O)COc2ccc(C)cc2Br)cc1. The van der Waals surface area contributed by atoms with Crippen molar-refractivity contribution in [2.45, 2.75) is 11.8 Å². The van der Waals surface area contributed by atoms with Crippen LogP contribution in [0.1, 0.15) is 5.56 Å². The number of carbonyl (C=O) groups excluding carboxylic acids is 1. The summed E-state index contributed by atoms with van der Waals surface area (Å²) in [5.41, 5.74) is 1.57. The average molecular weight is 413 g/mol. The minimum Gasteiger partial charge on any atom is -0.483 e. The zero-order valence-electron chi connectivity index (χ0n) is 13.2. The van der Waals surface area contributed by atoms with Crippen LogP contribution in [0.15, 0.2) is 51.8 Å². The number of rotatable bonds is 6. The summed E-state index contributed by atoms with van der Waals surface area (Å²) in [6, 6.07) is 11.4. The molecule has 2 aromatic rings. The van der Waals surface area contributed by atoms with Gasteiger partial charge in [-0.05, 0) is 71.9 Å². The van der Waals surface area contributed by atoms with Crippen molar-refractivity contribution in [1.82, 2.24) is 4.72 Å². The lowest BCUT2D eigenvalue weighted by Gasteiger charge is -2.10. The summed E-state index contributed by atoms with van der Waals surface area (Å²) in [4.78, 5) is 12.0. The molecule has 24 heavy (non-hydrogen) atoms. The normalized spacial score (nSPS) is 11.1. The van der Waals surface area contributed by atoms with Gasteiger partial charge in [0.25, 0.3) is 5.91 Å². The smallest absolute Gasteiger partial charge is 0.262 e. The number of hydrogen-bond acceptors (Lipinski definition) is 4. The van der Waals surface area contributed by atoms with Gasteiger partial charge in [-0.3, -0.25) is 4.79 Å². The Kier molecular flexibility index (Phi) is 5.98. The van der Waals surface area contributed by atoms with Gasteiger partial charge in [-0.25, -0.2) is 13.1 Å². The lowest BCUT2D eigenvalue weighted by Crippen LogP contribution is -2.21. The highest BCUT2D eigenvalue weighted by molar-refractivity contribution is 9.10. The fraction of sp³-hybridized carbons (Fsp3) is 0.188. The predicted octanol–water partition coefficient (Wildman–Crippen LogP) is 2.68. The summed E-state index contributed by atoms with van der Waals surface area (Å²) >= 11 is 3.38. The summed E-state index contributed by atoms with van der Waals surface area (Å²) in [7, 11) is -2.15. The first kappa shape index (κ1) is 18.4. The molecule has 0 bridgehead atoms. The Labute approximate surface area is 149 Å². The van der Waals surface area contributed by atoms with Crippen LogP contribution >= 0.6 is 15.9 Å². The molecule has 1 amide bonds. The Balaban J connectivity index is 1.95. The van der Waals surface area contributed by atoms with Crippen LogP contribution in [0.5, 0.6) is 5.75 Å². The topological polar surface area (TPSA) is 84.5 Å². The van der Waals surface area contributed by atoms with Crippen molar-refractivity contribution in [2.24, 2.45) is 0 Å². The van der Waals surface area contributed by atoms with E-state index in [2.05, 4.69) is 26.0 Å². The zero-order chi connectivity index (χ0) is 17.7. The van der Waals surface area contributed by atoms with Crippen molar-refractivity contribution in [3.05, 3.63) is 52.5 Å². The quantitative estimate of drug-likeness (QED) is 0.763. The maximum absolute atomic E-state index is 11.9. The molecule has 0 spiro atoms. The average Bonchev–Trinajstić information content (AvgIpc) is 2.54. The Morgan fingerprint density at radius 3 is 2.42 bits per heavy atom. The van der Waals surface area contributed by atoms with Crippen molar-refractivity contribution >= 4 is 37.5 Å². The number of ether oxygens (including phenoxy) is 1. The molecule has 0 atom stereocenters. The van der Waals surface area contributed by atoms with Gasteiger partial charge < -0.3 is 10.1 Å². The molecule has 0 fully saturated rings. The van der Waals surface area contributed by atoms with Crippen molar-refractivity contribution in [3.8, 4) is 5.75 Å². The molecule has 0 saturated carbocycles. The van der Waals surface area contributed by atoms with Gasteiger partial charge in [0.15, 0.2) is 6.61 Å². The van der Waals surface area contributed by atoms with Gasteiger partial charge in [0.1, 0.15) is 5.75 Å². The van der Waals surface area contributed by atoms with Crippen LogP contribution < -0.4 is 14.8 Å². The van der Waals surface area contributed by atoms with Gasteiger partial charge >= 0.3 is 0 Å². The van der Waals surface area contributed by atoms with E-state index in [1.54, 1.807) is 6.07 Å². The lowest BCUT2D eigenvalue weighted by atomic mass is 10.2. The van der Waals surface area contributed by atoms with E-state index in [-0.39, 0.29) is 17.4 Å². The van der Waals surface area contributed by atoms with E-state index >= 15 is 0 Å². The Morgan fingerprint density at radius 2 is 1.83 bits per heavy atom. The maximum atomic E-state index is 11.9. The second-order valence-electron chi connectivity index (χ2n) is 5.00. The summed E-state index contributed by atoms with van der Waals surface area (Å²) in [6.07, 6.45) is 0. The first-order chi connectivity index (χ1) is 11.3. The maximum Gasteiger partial charge on any atom is 0.262 e. The minimum absolute atomic E-state index is 0.128. The second-order valence-corrected chi connectivity index (χ2v) is 7.74. The summed E-state index contributed by atoms with van der Waals surface area (Å²) < 4.78 is 31.7. The minimum atomic E-state index is -3.49. The monoisotopic (exact) mass is 412 g/mol. The molecular formula is C16H17BrN2O4S. The summed E-state index contributed by atoms with van der Waals surface area (Å²) in [5.74, 6) is 0.234. The van der Waals surface area contributed by atoms with Crippen LogP contribution in [0, 0.1) is 6.92 Å². The molecule has 2 aromatic carbocycles. The van der Waals surface area contributed by atoms with E-state index in [4.69, 9.17) is 4.74 Å². The van der Waals surface area contributed by atoms with E-state index in [1.807, 2.05) is 19.1 Å². The number of amides is 1. The van der Waals surface area contributed by atoms with Crippen LogP contribution in [0.2, 0.25) is 0 Å². The van der Waals surface area contributed by atoms with Gasteiger partial charge in [0.05, 0.1) is 9.37 Å². The van der Waals surface area contributed by atoms with E-state index in [0.29, 0.717) is 11.4 Å². The molecule has 0 aromatic heterocycles. The summed E-state index contributed by atoms with van der Waals surface area (Å²) in [5, 5.41) is 2.65. The number of anilines is 1. The molecule has 0 aliphatic rings. The molecule has 8 heteroatoms. The molecule has 0 heterocycles. The number of carbonyl (C=O) groups is 1. The van der Waals surface area contributed by atoms with Gasteiger partial charge in [-0.2, -0.15) is 0 Å². The Hall–Kier alpha value is -1.90. The molecule has 2 N–H and O–H groups in total. The van der Waals surface area contributed by atoms with Crippen LogP contribution in [-0.2, 0) is 14.8 Å². The Bertz CT molecular complexity index is 836. The van der Waals surface area contributed by atoms with E-state index in [1.165, 1.54) is 31.3 Å². The first-order valence-electron chi connectivity index (χ1n) is 7.04. The largest absolute Gasteiger partial charge is 0.483 e. The third kappa shape index (κ3) is 4.80. The van der Waals surface area contributed by atoms with Crippen molar-refractivity contribution in [3.63, 3.8) is 0 Å². The molecule has 128 valence electrons. The standard InChI is InChI=1S/C16H17BrN2O4S/c1-11-3-8-15(14(17)9-11)23-10-16(20)19-12-4-6-13(7-5-12)24(21,22)18-2/h3-9,18H,10H2,1-2H3,(H,19,20). The van der Waals surface area contributed by atoms with E-state index < -0.39 is 10.0 Å². The highest BCUT2D eigenvalue weighted by Crippen LogP contribution is 2.25. The molecule has 0 radical (unpaired) electrons. The first-order valence-corrected chi connectivity index (χ1v) is 9.32. The second kappa shape index (κ2) is 7.78. The molecule has 0 unspecified atom stereocenters. The molecule has 0 aliphatic carbocycles. The molecule has 0 aliphatic heterocycles. The van der Waals surface area contributed by atoms with Gasteiger partial charge in [-0.1, -0.05) is 6.07 Å². The van der Waals surface area contributed by atoms with Gasteiger partial charge in [0, 0.05) is 5.69 Å². The molecule has 2 rings (SSSR count). The number of halogens is 1. The van der Waals surface area contributed by atoms with Crippen molar-refractivity contribution in [1.29, 1.82) is 0 Å². The third-order valence-corrected chi connectivity index (χ3v) is 5.21. The predicted molar refractivity (Wildman–Crippen MR) is 95.7 cm³/mol. The van der Waals surface area contributed by atoms with Crippen LogP contribution in [0.3, 0.4) is 0 Å². The fourth-order valence-corrected chi connectivity index (χ4v) is 3.24. The molecule has 0 saturated heterocycles. The van der Waals surface area contributed by atoms with E-state index in [9.17, 15) is 13.2 Å². The van der Waals surface area contributed by atoms with Crippen molar-refractivity contribution in [2.75, 3.05) is 19.0 Å². The van der Waals surface area contributed by atoms with Crippen molar-refractivity contribution < 1.29 is 17.9 Å². The number of hydrogen-bond donors (Lipinski definition) is 2. The van der Waals surface area contributed by atoms with E-state index in [0.717, 1.165) is 10.0 Å². The third-order valence-electron chi connectivity index (χ3n) is 3.16. The number of benzene rings is 2. The molecular weight excluding hydrogens is 396 g/mol.